The summed E-state index contributed by atoms with van der Waals surface area (Å²) in [6.07, 6.45) is 14.4. The molecule has 0 unspecified atom stereocenters. The molecule has 0 bridgehead atoms. The predicted octanol–water partition coefficient (Wildman–Crippen LogP) is 4.19. The molecule has 0 atom stereocenters. The lowest BCUT2D eigenvalue weighted by atomic mass is 9.89. The second-order valence-corrected chi connectivity index (χ2v) is 5.89. The molecule has 2 aliphatic carbocycles. The van der Waals surface area contributed by atoms with Crippen molar-refractivity contribution in [3.05, 3.63) is 0 Å². The average Bonchev–Trinajstić information content (AvgIpc) is 2.38. The SMILES string of the molecule is ClCCN(C1CCCCC1)C1CCCCC1. The molecule has 0 aromatic carbocycles. The Kier molecular flexibility index (Phi) is 5.44. The van der Waals surface area contributed by atoms with Crippen LogP contribution >= 0.6 is 11.6 Å². The number of rotatable bonds is 4. The highest BCUT2D eigenvalue weighted by Crippen LogP contribution is 2.29. The van der Waals surface area contributed by atoms with Gasteiger partial charge >= 0.3 is 0 Å². The van der Waals surface area contributed by atoms with Gasteiger partial charge < -0.3 is 0 Å². The average molecular weight is 244 g/mol. The van der Waals surface area contributed by atoms with Crippen LogP contribution in [-0.2, 0) is 0 Å². The molecule has 1 nitrogen and oxygen atoms in total. The summed E-state index contributed by atoms with van der Waals surface area (Å²) in [6, 6.07) is 1.71. The van der Waals surface area contributed by atoms with Gasteiger partial charge in [0.1, 0.15) is 0 Å². The summed E-state index contributed by atoms with van der Waals surface area (Å²) in [5, 5.41) is 0. The van der Waals surface area contributed by atoms with Gasteiger partial charge in [0.25, 0.3) is 0 Å². The van der Waals surface area contributed by atoms with E-state index < -0.39 is 0 Å². The van der Waals surface area contributed by atoms with Gasteiger partial charge in [0.15, 0.2) is 0 Å². The van der Waals surface area contributed by atoms with Gasteiger partial charge in [0.05, 0.1) is 0 Å². The van der Waals surface area contributed by atoms with Gasteiger partial charge in [-0.15, -0.1) is 11.6 Å². The first-order chi connectivity index (χ1) is 7.92. The van der Waals surface area contributed by atoms with Crippen molar-refractivity contribution in [1.29, 1.82) is 0 Å². The topological polar surface area (TPSA) is 3.24 Å². The minimum absolute atomic E-state index is 0.812. The van der Waals surface area contributed by atoms with Crippen molar-refractivity contribution in [2.24, 2.45) is 0 Å². The van der Waals surface area contributed by atoms with Crippen LogP contribution in [0.25, 0.3) is 0 Å². The highest BCUT2D eigenvalue weighted by atomic mass is 35.5. The first kappa shape index (κ1) is 12.7. The maximum Gasteiger partial charge on any atom is 0.0351 e. The molecule has 0 aromatic heterocycles. The zero-order chi connectivity index (χ0) is 11.2. The number of halogens is 1. The van der Waals surface area contributed by atoms with Crippen molar-refractivity contribution in [1.82, 2.24) is 4.90 Å². The first-order valence-corrected chi connectivity index (χ1v) is 7.77. The summed E-state index contributed by atoms with van der Waals surface area (Å²) in [6.45, 7) is 1.12. The summed E-state index contributed by atoms with van der Waals surface area (Å²) in [7, 11) is 0. The molecule has 16 heavy (non-hydrogen) atoms. The lowest BCUT2D eigenvalue weighted by molar-refractivity contribution is 0.0878. The highest BCUT2D eigenvalue weighted by molar-refractivity contribution is 6.18. The Labute approximate surface area is 106 Å². The molecule has 2 fully saturated rings. The molecule has 94 valence electrons. The normalized spacial score (nSPS) is 25.1. The fraction of sp³-hybridized carbons (Fsp3) is 1.00. The molecular formula is C14H26ClN. The molecule has 2 rings (SSSR count). The van der Waals surface area contributed by atoms with Crippen LogP contribution in [0.4, 0.5) is 0 Å². The Morgan fingerprint density at radius 1 is 0.750 bits per heavy atom. The maximum atomic E-state index is 5.99. The fourth-order valence-electron chi connectivity index (χ4n) is 3.59. The standard InChI is InChI=1S/C14H26ClN/c15-11-12-16(13-7-3-1-4-8-13)14-9-5-2-6-10-14/h13-14H,1-12H2. The Hall–Kier alpha value is 0.250. The molecule has 0 amide bonds. The fourth-order valence-corrected chi connectivity index (χ4v) is 3.78. The zero-order valence-electron chi connectivity index (χ0n) is 10.5. The third-order valence-electron chi connectivity index (χ3n) is 4.43. The molecule has 2 heteroatoms. The van der Waals surface area contributed by atoms with Crippen molar-refractivity contribution in [3.63, 3.8) is 0 Å². The predicted molar refractivity (Wildman–Crippen MR) is 71.2 cm³/mol. The lowest BCUT2D eigenvalue weighted by Crippen LogP contribution is -2.46. The Balaban J connectivity index is 1.91. The number of nitrogens with zero attached hydrogens (tertiary/aromatic N) is 1. The van der Waals surface area contributed by atoms with E-state index in [1.807, 2.05) is 0 Å². The van der Waals surface area contributed by atoms with E-state index in [0.717, 1.165) is 24.5 Å². The van der Waals surface area contributed by atoms with E-state index in [0.29, 0.717) is 0 Å². The van der Waals surface area contributed by atoms with Crippen LogP contribution in [0.15, 0.2) is 0 Å². The number of alkyl halides is 1. The number of hydrogen-bond donors (Lipinski definition) is 0. The molecule has 0 saturated heterocycles. The van der Waals surface area contributed by atoms with E-state index in [4.69, 9.17) is 11.6 Å². The van der Waals surface area contributed by atoms with Gasteiger partial charge in [-0.1, -0.05) is 38.5 Å². The quantitative estimate of drug-likeness (QED) is 0.670. The molecule has 0 aromatic rings. The largest absolute Gasteiger partial charge is 0.296 e. The molecular weight excluding hydrogens is 218 g/mol. The zero-order valence-corrected chi connectivity index (χ0v) is 11.2. The maximum absolute atomic E-state index is 5.99. The molecule has 0 aliphatic heterocycles. The monoisotopic (exact) mass is 243 g/mol. The third kappa shape index (κ3) is 3.37. The molecule has 0 spiro atoms. The Morgan fingerprint density at radius 2 is 1.19 bits per heavy atom. The van der Waals surface area contributed by atoms with Crippen molar-refractivity contribution in [3.8, 4) is 0 Å². The molecule has 2 saturated carbocycles. The second-order valence-electron chi connectivity index (χ2n) is 5.51. The molecule has 0 heterocycles. The van der Waals surface area contributed by atoms with Gasteiger partial charge in [0.2, 0.25) is 0 Å². The van der Waals surface area contributed by atoms with Crippen LogP contribution < -0.4 is 0 Å². The van der Waals surface area contributed by atoms with Gasteiger partial charge in [-0.25, -0.2) is 0 Å². The van der Waals surface area contributed by atoms with Crippen molar-refractivity contribution >= 4 is 11.6 Å². The van der Waals surface area contributed by atoms with Crippen LogP contribution in [0.2, 0.25) is 0 Å². The molecule has 0 N–H and O–H groups in total. The van der Waals surface area contributed by atoms with E-state index in [1.165, 1.54) is 64.2 Å². The van der Waals surface area contributed by atoms with Crippen LogP contribution in [0.5, 0.6) is 0 Å². The van der Waals surface area contributed by atoms with Crippen LogP contribution in [0.1, 0.15) is 64.2 Å². The summed E-state index contributed by atoms with van der Waals surface area (Å²) >= 11 is 5.99. The van der Waals surface area contributed by atoms with Crippen LogP contribution in [0, 0.1) is 0 Å². The van der Waals surface area contributed by atoms with Crippen molar-refractivity contribution < 1.29 is 0 Å². The Morgan fingerprint density at radius 3 is 1.56 bits per heavy atom. The summed E-state index contributed by atoms with van der Waals surface area (Å²) < 4.78 is 0. The summed E-state index contributed by atoms with van der Waals surface area (Å²) in [5.74, 6) is 0.812. The van der Waals surface area contributed by atoms with Crippen LogP contribution in [0.3, 0.4) is 0 Å². The summed E-state index contributed by atoms with van der Waals surface area (Å²) in [4.78, 5) is 2.77. The highest BCUT2D eigenvalue weighted by Gasteiger charge is 2.27. The third-order valence-corrected chi connectivity index (χ3v) is 4.60. The van der Waals surface area contributed by atoms with Gasteiger partial charge in [-0.2, -0.15) is 0 Å². The lowest BCUT2D eigenvalue weighted by Gasteiger charge is -2.41. The molecule has 0 radical (unpaired) electrons. The van der Waals surface area contributed by atoms with E-state index in [1.54, 1.807) is 0 Å². The van der Waals surface area contributed by atoms with Gasteiger partial charge in [-0.05, 0) is 25.7 Å². The minimum atomic E-state index is 0.812. The van der Waals surface area contributed by atoms with Crippen LogP contribution in [-0.4, -0.2) is 29.4 Å². The first-order valence-electron chi connectivity index (χ1n) is 7.23. The number of hydrogen-bond acceptors (Lipinski definition) is 1. The van der Waals surface area contributed by atoms with E-state index in [9.17, 15) is 0 Å². The Bertz CT molecular complexity index is 165. The minimum Gasteiger partial charge on any atom is -0.296 e. The van der Waals surface area contributed by atoms with Crippen molar-refractivity contribution in [2.45, 2.75) is 76.3 Å². The second kappa shape index (κ2) is 6.86. The van der Waals surface area contributed by atoms with E-state index in [2.05, 4.69) is 4.90 Å². The molecule has 2 aliphatic rings. The van der Waals surface area contributed by atoms with Gasteiger partial charge in [0, 0.05) is 24.5 Å². The van der Waals surface area contributed by atoms with E-state index in [-0.39, 0.29) is 0 Å². The van der Waals surface area contributed by atoms with E-state index >= 15 is 0 Å². The smallest absolute Gasteiger partial charge is 0.0351 e. The van der Waals surface area contributed by atoms with Gasteiger partial charge in [-0.3, -0.25) is 4.90 Å². The van der Waals surface area contributed by atoms with Crippen molar-refractivity contribution in [2.75, 3.05) is 12.4 Å². The summed E-state index contributed by atoms with van der Waals surface area (Å²) in [5.41, 5.74) is 0.